The molecule has 3 heterocycles. The minimum absolute atomic E-state index is 0.150. The predicted octanol–water partition coefficient (Wildman–Crippen LogP) is 3.56. The molecule has 4 nitrogen and oxygen atoms in total. The van der Waals surface area contributed by atoms with Crippen molar-refractivity contribution in [2.75, 3.05) is 18.8 Å². The molecule has 2 saturated heterocycles. The SMILES string of the molecule is CCc1ccc(C(=O)N2CC3(C[C@H](OCc4ccccn4)CS3)C2)cc1. The van der Waals surface area contributed by atoms with Gasteiger partial charge < -0.3 is 9.64 Å². The first-order valence-electron chi connectivity index (χ1n) is 9.21. The van der Waals surface area contributed by atoms with Crippen LogP contribution in [0.15, 0.2) is 48.7 Å². The van der Waals surface area contributed by atoms with Gasteiger partial charge in [-0.05, 0) is 42.7 Å². The number of thioether (sulfide) groups is 1. The van der Waals surface area contributed by atoms with Crippen LogP contribution in [-0.4, -0.2) is 45.5 Å². The highest BCUT2D eigenvalue weighted by molar-refractivity contribution is 8.01. The Morgan fingerprint density at radius 2 is 2.08 bits per heavy atom. The highest BCUT2D eigenvalue weighted by atomic mass is 32.2. The second kappa shape index (κ2) is 7.41. The third-order valence-corrected chi connectivity index (χ3v) is 6.80. The molecule has 2 aliphatic rings. The smallest absolute Gasteiger partial charge is 0.253 e. The van der Waals surface area contributed by atoms with Gasteiger partial charge in [0.1, 0.15) is 0 Å². The number of amides is 1. The van der Waals surface area contributed by atoms with E-state index in [1.165, 1.54) is 5.56 Å². The third-order valence-electron chi connectivity index (χ3n) is 5.22. The summed E-state index contributed by atoms with van der Waals surface area (Å²) >= 11 is 1.96. The van der Waals surface area contributed by atoms with Crippen molar-refractivity contribution < 1.29 is 9.53 Å². The van der Waals surface area contributed by atoms with E-state index in [0.717, 1.165) is 42.9 Å². The molecule has 1 aromatic heterocycles. The fourth-order valence-corrected chi connectivity index (χ4v) is 5.23. The first-order valence-corrected chi connectivity index (χ1v) is 10.2. The summed E-state index contributed by atoms with van der Waals surface area (Å²) in [7, 11) is 0. The molecule has 0 saturated carbocycles. The van der Waals surface area contributed by atoms with Crippen LogP contribution in [0.3, 0.4) is 0 Å². The highest BCUT2D eigenvalue weighted by Gasteiger charge is 2.50. The third kappa shape index (κ3) is 3.64. The second-order valence-electron chi connectivity index (χ2n) is 7.16. The summed E-state index contributed by atoms with van der Waals surface area (Å²) in [5.74, 6) is 1.15. The minimum atomic E-state index is 0.150. The fraction of sp³-hybridized carbons (Fsp3) is 0.429. The Morgan fingerprint density at radius 1 is 1.27 bits per heavy atom. The van der Waals surface area contributed by atoms with E-state index in [9.17, 15) is 4.79 Å². The van der Waals surface area contributed by atoms with E-state index < -0.39 is 0 Å². The number of carbonyl (C=O) groups is 1. The number of likely N-dealkylation sites (tertiary alicyclic amines) is 1. The van der Waals surface area contributed by atoms with Crippen LogP contribution in [0.4, 0.5) is 0 Å². The van der Waals surface area contributed by atoms with E-state index in [2.05, 4.69) is 24.0 Å². The summed E-state index contributed by atoms with van der Waals surface area (Å²) in [5, 5.41) is 0. The van der Waals surface area contributed by atoms with E-state index in [-0.39, 0.29) is 16.8 Å². The molecule has 2 aromatic rings. The molecule has 136 valence electrons. The standard InChI is InChI=1S/C21H24N2O2S/c1-2-16-6-8-17(9-7-16)20(24)23-14-21(15-23)11-19(13-26-21)25-12-18-5-3-4-10-22-18/h3-10,19H,2,11-15H2,1H3/t19-/m0/s1. The normalized spacial score (nSPS) is 21.0. The maximum absolute atomic E-state index is 12.6. The molecule has 2 aliphatic heterocycles. The number of ether oxygens (including phenoxy) is 1. The highest BCUT2D eigenvalue weighted by Crippen LogP contribution is 2.46. The van der Waals surface area contributed by atoms with Crippen molar-refractivity contribution in [3.63, 3.8) is 0 Å². The van der Waals surface area contributed by atoms with Gasteiger partial charge in [0.05, 0.1) is 23.2 Å². The first kappa shape index (κ1) is 17.6. The lowest BCUT2D eigenvalue weighted by atomic mass is 9.92. The van der Waals surface area contributed by atoms with Crippen LogP contribution >= 0.6 is 11.8 Å². The molecule has 1 atom stereocenters. The van der Waals surface area contributed by atoms with E-state index >= 15 is 0 Å². The van der Waals surface area contributed by atoms with E-state index in [1.54, 1.807) is 6.20 Å². The van der Waals surface area contributed by atoms with Gasteiger partial charge in [-0.15, -0.1) is 11.8 Å². The molecule has 0 bridgehead atoms. The Bertz CT molecular complexity index is 757. The van der Waals surface area contributed by atoms with Crippen LogP contribution < -0.4 is 0 Å². The molecule has 1 amide bonds. The molecular weight excluding hydrogens is 344 g/mol. The van der Waals surface area contributed by atoms with Crippen LogP contribution in [0.25, 0.3) is 0 Å². The van der Waals surface area contributed by atoms with Crippen LogP contribution in [0.5, 0.6) is 0 Å². The first-order chi connectivity index (χ1) is 12.7. The Balaban J connectivity index is 1.28. The molecule has 4 rings (SSSR count). The molecule has 26 heavy (non-hydrogen) atoms. The Morgan fingerprint density at radius 3 is 2.77 bits per heavy atom. The van der Waals surface area contributed by atoms with Gasteiger partial charge in [-0.1, -0.05) is 25.1 Å². The number of nitrogens with zero attached hydrogens (tertiary/aromatic N) is 2. The van der Waals surface area contributed by atoms with Crippen LogP contribution in [0, 0.1) is 0 Å². The van der Waals surface area contributed by atoms with Crippen LogP contribution in [0.2, 0.25) is 0 Å². The van der Waals surface area contributed by atoms with Gasteiger partial charge >= 0.3 is 0 Å². The zero-order valence-corrected chi connectivity index (χ0v) is 15.9. The molecule has 5 heteroatoms. The second-order valence-corrected chi connectivity index (χ2v) is 8.65. The van der Waals surface area contributed by atoms with E-state index in [4.69, 9.17) is 4.74 Å². The van der Waals surface area contributed by atoms with Crippen molar-refractivity contribution in [2.45, 2.75) is 37.2 Å². The lowest BCUT2D eigenvalue weighted by Crippen LogP contribution is -2.60. The monoisotopic (exact) mass is 368 g/mol. The van der Waals surface area contributed by atoms with Crippen molar-refractivity contribution in [1.82, 2.24) is 9.88 Å². The average Bonchev–Trinajstić information content (AvgIpc) is 3.10. The Kier molecular flexibility index (Phi) is 5.00. The van der Waals surface area contributed by atoms with Crippen molar-refractivity contribution in [2.24, 2.45) is 0 Å². The Hall–Kier alpha value is -1.85. The number of aryl methyl sites for hydroxylation is 1. The number of rotatable bonds is 5. The number of aromatic nitrogens is 1. The lowest BCUT2D eigenvalue weighted by molar-refractivity contribution is 0.0245. The van der Waals surface area contributed by atoms with Gasteiger partial charge in [0.25, 0.3) is 5.91 Å². The van der Waals surface area contributed by atoms with Gasteiger partial charge in [0.15, 0.2) is 0 Å². The predicted molar refractivity (Wildman–Crippen MR) is 104 cm³/mol. The van der Waals surface area contributed by atoms with Gasteiger partial charge in [0, 0.05) is 30.6 Å². The summed E-state index contributed by atoms with van der Waals surface area (Å²) in [6, 6.07) is 13.9. The lowest BCUT2D eigenvalue weighted by Gasteiger charge is -2.47. The molecule has 1 aromatic carbocycles. The van der Waals surface area contributed by atoms with E-state index in [0.29, 0.717) is 6.61 Å². The number of carbonyl (C=O) groups excluding carboxylic acids is 1. The number of hydrogen-bond acceptors (Lipinski definition) is 4. The van der Waals surface area contributed by atoms with Crippen molar-refractivity contribution in [3.05, 3.63) is 65.5 Å². The molecular formula is C21H24N2O2S. The van der Waals surface area contributed by atoms with Crippen molar-refractivity contribution in [1.29, 1.82) is 0 Å². The molecule has 0 aliphatic carbocycles. The number of pyridine rings is 1. The largest absolute Gasteiger partial charge is 0.371 e. The van der Waals surface area contributed by atoms with Crippen LogP contribution in [-0.2, 0) is 17.8 Å². The van der Waals surface area contributed by atoms with Crippen molar-refractivity contribution >= 4 is 17.7 Å². The van der Waals surface area contributed by atoms with E-state index in [1.807, 2.05) is 47.0 Å². The molecule has 0 N–H and O–H groups in total. The van der Waals surface area contributed by atoms with Crippen LogP contribution in [0.1, 0.15) is 35.0 Å². The van der Waals surface area contributed by atoms with Crippen molar-refractivity contribution in [3.8, 4) is 0 Å². The summed E-state index contributed by atoms with van der Waals surface area (Å²) in [6.07, 6.45) is 4.07. The maximum atomic E-state index is 12.6. The summed E-state index contributed by atoms with van der Waals surface area (Å²) in [6.45, 7) is 4.35. The average molecular weight is 369 g/mol. The molecule has 0 unspecified atom stereocenters. The topological polar surface area (TPSA) is 42.4 Å². The molecule has 0 radical (unpaired) electrons. The minimum Gasteiger partial charge on any atom is -0.371 e. The molecule has 1 spiro atoms. The zero-order chi connectivity index (χ0) is 18.0. The van der Waals surface area contributed by atoms with Gasteiger partial charge in [-0.2, -0.15) is 0 Å². The summed E-state index contributed by atoms with van der Waals surface area (Å²) in [5.41, 5.74) is 3.03. The summed E-state index contributed by atoms with van der Waals surface area (Å²) in [4.78, 5) is 18.9. The maximum Gasteiger partial charge on any atom is 0.253 e. The van der Waals surface area contributed by atoms with Gasteiger partial charge in [0.2, 0.25) is 0 Å². The van der Waals surface area contributed by atoms with Gasteiger partial charge in [-0.3, -0.25) is 9.78 Å². The molecule has 2 fully saturated rings. The number of hydrogen-bond donors (Lipinski definition) is 0. The quantitative estimate of drug-likeness (QED) is 0.809. The summed E-state index contributed by atoms with van der Waals surface area (Å²) < 4.78 is 6.23. The zero-order valence-electron chi connectivity index (χ0n) is 15.1. The fourth-order valence-electron chi connectivity index (χ4n) is 3.68. The Labute approximate surface area is 159 Å². The number of benzene rings is 1. The van der Waals surface area contributed by atoms with Gasteiger partial charge in [-0.25, -0.2) is 0 Å².